The van der Waals surface area contributed by atoms with Crippen LogP contribution in [0.25, 0.3) is 0 Å². The first-order chi connectivity index (χ1) is 9.44. The maximum absolute atomic E-state index is 12.2. The molecule has 0 unspecified atom stereocenters. The van der Waals surface area contributed by atoms with Crippen molar-refractivity contribution < 1.29 is 12.9 Å². The molecule has 0 amide bonds. The van der Waals surface area contributed by atoms with Crippen LogP contribution in [0.3, 0.4) is 0 Å². The fraction of sp³-hybridized carbons (Fsp3) is 0.333. The Balaban J connectivity index is 2.24. The first-order valence-corrected chi connectivity index (χ1v) is 7.58. The van der Waals surface area contributed by atoms with Crippen molar-refractivity contribution in [1.29, 1.82) is 0 Å². The predicted octanol–water partition coefficient (Wildman–Crippen LogP) is 1.92. The summed E-state index contributed by atoms with van der Waals surface area (Å²) in [7, 11) is -3.73. The number of hydrogen-bond acceptors (Lipinski definition) is 6. The molecular weight excluding hydrogens is 280 g/mol. The summed E-state index contributed by atoms with van der Waals surface area (Å²) in [6, 6.07) is 3.09. The lowest BCUT2D eigenvalue weighted by Crippen LogP contribution is -2.13. The first kappa shape index (κ1) is 14.3. The zero-order valence-corrected chi connectivity index (χ0v) is 12.3. The van der Waals surface area contributed by atoms with Crippen LogP contribution in [-0.2, 0) is 10.0 Å². The third-order valence-corrected chi connectivity index (χ3v) is 4.10. The minimum absolute atomic E-state index is 0.0626. The van der Waals surface area contributed by atoms with Crippen LogP contribution in [0.5, 0.6) is 0 Å². The molecule has 0 aromatic carbocycles. The van der Waals surface area contributed by atoms with Gasteiger partial charge in [0.2, 0.25) is 5.88 Å². The highest BCUT2D eigenvalue weighted by Gasteiger charge is 2.19. The van der Waals surface area contributed by atoms with Crippen molar-refractivity contribution in [3.8, 4) is 0 Å². The molecule has 7 nitrogen and oxygen atoms in total. The number of anilines is 2. The van der Waals surface area contributed by atoms with Gasteiger partial charge in [-0.25, -0.2) is 18.1 Å². The molecule has 0 aliphatic heterocycles. The average molecular weight is 296 g/mol. The monoisotopic (exact) mass is 296 g/mol. The molecule has 0 saturated heterocycles. The lowest BCUT2D eigenvalue weighted by Gasteiger charge is -2.06. The van der Waals surface area contributed by atoms with Crippen LogP contribution in [-0.4, -0.2) is 25.1 Å². The number of aryl methyl sites for hydroxylation is 1. The fourth-order valence-corrected chi connectivity index (χ4v) is 2.51. The summed E-state index contributed by atoms with van der Waals surface area (Å²) in [4.78, 5) is 4.09. The predicted molar refractivity (Wildman–Crippen MR) is 75.2 cm³/mol. The minimum atomic E-state index is -3.73. The van der Waals surface area contributed by atoms with Gasteiger partial charge in [-0.05, 0) is 32.9 Å². The molecule has 0 spiro atoms. The number of aromatic nitrogens is 2. The molecular formula is C12H16N4O3S. The second-order valence-corrected chi connectivity index (χ2v) is 5.92. The van der Waals surface area contributed by atoms with Gasteiger partial charge in [-0.15, -0.1) is 0 Å². The molecule has 0 fully saturated rings. The number of hydrogen-bond donors (Lipinski definition) is 2. The van der Waals surface area contributed by atoms with E-state index in [9.17, 15) is 8.42 Å². The Bertz CT molecular complexity index is 692. The molecule has 0 aliphatic rings. The molecule has 20 heavy (non-hydrogen) atoms. The summed E-state index contributed by atoms with van der Waals surface area (Å²) < 4.78 is 31.6. The summed E-state index contributed by atoms with van der Waals surface area (Å²) >= 11 is 0. The van der Waals surface area contributed by atoms with Crippen molar-refractivity contribution in [3.63, 3.8) is 0 Å². The Labute approximate surface area is 117 Å². The summed E-state index contributed by atoms with van der Waals surface area (Å²) in [6.45, 7) is 6.12. The van der Waals surface area contributed by atoms with Gasteiger partial charge in [0.15, 0.2) is 0 Å². The number of sulfonamides is 1. The van der Waals surface area contributed by atoms with Gasteiger partial charge >= 0.3 is 0 Å². The highest BCUT2D eigenvalue weighted by molar-refractivity contribution is 7.92. The van der Waals surface area contributed by atoms with Crippen molar-refractivity contribution >= 4 is 21.7 Å². The Morgan fingerprint density at radius 1 is 1.30 bits per heavy atom. The van der Waals surface area contributed by atoms with Crippen LogP contribution in [0, 0.1) is 13.8 Å². The molecule has 2 aromatic heterocycles. The van der Waals surface area contributed by atoms with Crippen molar-refractivity contribution in [3.05, 3.63) is 29.6 Å². The van der Waals surface area contributed by atoms with Gasteiger partial charge in [-0.1, -0.05) is 5.16 Å². The highest BCUT2D eigenvalue weighted by atomic mass is 32.2. The number of pyridine rings is 1. The largest absolute Gasteiger partial charge is 0.370 e. The normalized spacial score (nSPS) is 11.3. The first-order valence-electron chi connectivity index (χ1n) is 6.09. The Morgan fingerprint density at radius 3 is 2.55 bits per heavy atom. The summed E-state index contributed by atoms with van der Waals surface area (Å²) in [6.07, 6.45) is 1.29. The second kappa shape index (κ2) is 5.49. The maximum atomic E-state index is 12.2. The molecule has 8 heteroatoms. The van der Waals surface area contributed by atoms with E-state index in [0.717, 1.165) is 0 Å². The third kappa shape index (κ3) is 2.90. The van der Waals surface area contributed by atoms with E-state index in [4.69, 9.17) is 4.52 Å². The van der Waals surface area contributed by atoms with Crippen molar-refractivity contribution in [1.82, 2.24) is 10.1 Å². The van der Waals surface area contributed by atoms with E-state index < -0.39 is 10.0 Å². The van der Waals surface area contributed by atoms with E-state index in [1.165, 1.54) is 12.3 Å². The maximum Gasteiger partial charge on any atom is 0.265 e. The molecule has 2 aromatic rings. The zero-order valence-electron chi connectivity index (χ0n) is 11.5. The van der Waals surface area contributed by atoms with E-state index in [1.54, 1.807) is 19.9 Å². The lowest BCUT2D eigenvalue weighted by atomic mass is 10.3. The van der Waals surface area contributed by atoms with Crippen LogP contribution >= 0.6 is 0 Å². The SMILES string of the molecule is CCNc1ccc(S(=O)(=O)Nc2onc(C)c2C)cn1. The molecule has 0 radical (unpaired) electrons. The topological polar surface area (TPSA) is 97.1 Å². The Kier molecular flexibility index (Phi) is 3.93. The fourth-order valence-electron chi connectivity index (χ4n) is 1.52. The summed E-state index contributed by atoms with van der Waals surface area (Å²) in [5.74, 6) is 0.747. The van der Waals surface area contributed by atoms with E-state index in [1.807, 2.05) is 6.92 Å². The molecule has 108 valence electrons. The van der Waals surface area contributed by atoms with E-state index in [-0.39, 0.29) is 10.8 Å². The number of rotatable bonds is 5. The van der Waals surface area contributed by atoms with Crippen LogP contribution in [0.15, 0.2) is 27.7 Å². The molecule has 2 heterocycles. The van der Waals surface area contributed by atoms with Crippen LogP contribution < -0.4 is 10.0 Å². The third-order valence-electron chi connectivity index (χ3n) is 2.79. The molecule has 0 saturated carbocycles. The van der Waals surface area contributed by atoms with Crippen molar-refractivity contribution in [2.75, 3.05) is 16.6 Å². The second-order valence-electron chi connectivity index (χ2n) is 4.24. The van der Waals surface area contributed by atoms with Crippen LogP contribution in [0.4, 0.5) is 11.7 Å². The number of nitrogens with zero attached hydrogens (tertiary/aromatic N) is 2. The molecule has 2 rings (SSSR count). The Hall–Kier alpha value is -2.09. The average Bonchev–Trinajstić information content (AvgIpc) is 2.71. The van der Waals surface area contributed by atoms with Crippen LogP contribution in [0.1, 0.15) is 18.2 Å². The number of nitrogens with one attached hydrogen (secondary N) is 2. The molecule has 2 N–H and O–H groups in total. The van der Waals surface area contributed by atoms with Gasteiger partial charge < -0.3 is 9.84 Å². The van der Waals surface area contributed by atoms with Crippen molar-refractivity contribution in [2.45, 2.75) is 25.7 Å². The van der Waals surface area contributed by atoms with Gasteiger partial charge in [-0.2, -0.15) is 0 Å². The molecule has 0 bridgehead atoms. The molecule has 0 aliphatic carbocycles. The van der Waals surface area contributed by atoms with E-state index >= 15 is 0 Å². The van der Waals surface area contributed by atoms with E-state index in [2.05, 4.69) is 20.2 Å². The minimum Gasteiger partial charge on any atom is -0.370 e. The van der Waals surface area contributed by atoms with Gasteiger partial charge in [-0.3, -0.25) is 0 Å². The summed E-state index contributed by atoms with van der Waals surface area (Å²) in [5.41, 5.74) is 1.30. The van der Waals surface area contributed by atoms with Gasteiger partial charge in [0.1, 0.15) is 10.7 Å². The standard InChI is InChI=1S/C12H16N4O3S/c1-4-13-11-6-5-10(7-14-11)20(17,18)16-12-8(2)9(3)15-19-12/h5-7,16H,4H2,1-3H3,(H,13,14). The van der Waals surface area contributed by atoms with Gasteiger partial charge in [0.05, 0.1) is 5.69 Å². The van der Waals surface area contributed by atoms with Gasteiger partial charge in [0, 0.05) is 18.3 Å². The van der Waals surface area contributed by atoms with Crippen LogP contribution in [0.2, 0.25) is 0 Å². The quantitative estimate of drug-likeness (QED) is 0.875. The highest BCUT2D eigenvalue weighted by Crippen LogP contribution is 2.21. The van der Waals surface area contributed by atoms with E-state index in [0.29, 0.717) is 23.6 Å². The zero-order chi connectivity index (χ0) is 14.8. The van der Waals surface area contributed by atoms with Crippen molar-refractivity contribution in [2.24, 2.45) is 0 Å². The van der Waals surface area contributed by atoms with Gasteiger partial charge in [0.25, 0.3) is 10.0 Å². The Morgan fingerprint density at radius 2 is 2.05 bits per heavy atom. The lowest BCUT2D eigenvalue weighted by molar-refractivity contribution is 0.430. The molecule has 0 atom stereocenters. The smallest absolute Gasteiger partial charge is 0.265 e. The summed E-state index contributed by atoms with van der Waals surface area (Å²) in [5, 5.41) is 6.70.